The number of nitrogens with zero attached hydrogens (tertiary/aromatic N) is 3. The predicted molar refractivity (Wildman–Crippen MR) is 77.5 cm³/mol. The first-order valence-corrected chi connectivity index (χ1v) is 7.35. The SMILES string of the molecule is CCn1cc(C)nc1N1CCC(OCCCN)CC1. The highest BCUT2D eigenvalue weighted by Crippen LogP contribution is 2.21. The van der Waals surface area contributed by atoms with Crippen LogP contribution in [0.25, 0.3) is 0 Å². The van der Waals surface area contributed by atoms with Crippen LogP contribution in [-0.2, 0) is 11.3 Å². The van der Waals surface area contributed by atoms with E-state index in [1.54, 1.807) is 0 Å². The molecule has 19 heavy (non-hydrogen) atoms. The number of hydrogen-bond donors (Lipinski definition) is 1. The van der Waals surface area contributed by atoms with Crippen molar-refractivity contribution in [3.63, 3.8) is 0 Å². The van der Waals surface area contributed by atoms with Crippen LogP contribution >= 0.6 is 0 Å². The van der Waals surface area contributed by atoms with Gasteiger partial charge < -0.3 is 19.9 Å². The molecule has 108 valence electrons. The molecular formula is C14H26N4O. The fourth-order valence-corrected chi connectivity index (χ4v) is 2.57. The molecule has 1 saturated heterocycles. The highest BCUT2D eigenvalue weighted by Gasteiger charge is 2.22. The van der Waals surface area contributed by atoms with Crippen molar-refractivity contribution in [2.24, 2.45) is 5.73 Å². The average molecular weight is 266 g/mol. The normalized spacial score (nSPS) is 17.1. The van der Waals surface area contributed by atoms with E-state index in [0.29, 0.717) is 12.6 Å². The fourth-order valence-electron chi connectivity index (χ4n) is 2.57. The van der Waals surface area contributed by atoms with Crippen molar-refractivity contribution in [1.82, 2.24) is 9.55 Å². The molecule has 0 radical (unpaired) electrons. The van der Waals surface area contributed by atoms with Crippen molar-refractivity contribution in [3.8, 4) is 0 Å². The lowest BCUT2D eigenvalue weighted by Crippen LogP contribution is -2.38. The van der Waals surface area contributed by atoms with Crippen molar-refractivity contribution in [2.75, 3.05) is 31.1 Å². The first-order chi connectivity index (χ1) is 9.24. The molecule has 0 bridgehead atoms. The molecular weight excluding hydrogens is 240 g/mol. The Morgan fingerprint density at radius 3 is 2.79 bits per heavy atom. The summed E-state index contributed by atoms with van der Waals surface area (Å²) in [5.41, 5.74) is 6.57. The summed E-state index contributed by atoms with van der Waals surface area (Å²) in [6, 6.07) is 0. The van der Waals surface area contributed by atoms with Gasteiger partial charge in [0.15, 0.2) is 0 Å². The number of hydrogen-bond acceptors (Lipinski definition) is 4. The van der Waals surface area contributed by atoms with Gasteiger partial charge in [-0.15, -0.1) is 0 Å². The summed E-state index contributed by atoms with van der Waals surface area (Å²) in [5, 5.41) is 0. The van der Waals surface area contributed by atoms with E-state index in [-0.39, 0.29) is 0 Å². The molecule has 2 rings (SSSR count). The number of imidazole rings is 1. The lowest BCUT2D eigenvalue weighted by atomic mass is 10.1. The van der Waals surface area contributed by atoms with Crippen LogP contribution in [0.15, 0.2) is 6.20 Å². The van der Waals surface area contributed by atoms with E-state index >= 15 is 0 Å². The van der Waals surface area contributed by atoms with E-state index in [2.05, 4.69) is 34.5 Å². The van der Waals surface area contributed by atoms with E-state index < -0.39 is 0 Å². The van der Waals surface area contributed by atoms with Gasteiger partial charge in [0.2, 0.25) is 5.95 Å². The molecule has 5 nitrogen and oxygen atoms in total. The van der Waals surface area contributed by atoms with Crippen LogP contribution in [0, 0.1) is 6.92 Å². The van der Waals surface area contributed by atoms with Gasteiger partial charge in [-0.2, -0.15) is 0 Å². The summed E-state index contributed by atoms with van der Waals surface area (Å²) in [6.45, 7) is 8.76. The van der Waals surface area contributed by atoms with Gasteiger partial charge in [-0.25, -0.2) is 4.98 Å². The minimum atomic E-state index is 0.397. The molecule has 1 aromatic heterocycles. The Bertz CT molecular complexity index is 383. The van der Waals surface area contributed by atoms with Crippen LogP contribution in [0.2, 0.25) is 0 Å². The summed E-state index contributed by atoms with van der Waals surface area (Å²) in [4.78, 5) is 7.01. The number of anilines is 1. The molecule has 1 aliphatic heterocycles. The molecule has 2 heterocycles. The van der Waals surface area contributed by atoms with E-state index in [9.17, 15) is 0 Å². The van der Waals surface area contributed by atoms with Crippen LogP contribution in [0.4, 0.5) is 5.95 Å². The summed E-state index contributed by atoms with van der Waals surface area (Å²) < 4.78 is 8.06. The van der Waals surface area contributed by atoms with E-state index in [1.807, 2.05) is 0 Å². The summed E-state index contributed by atoms with van der Waals surface area (Å²) in [5.74, 6) is 1.11. The Morgan fingerprint density at radius 1 is 1.42 bits per heavy atom. The van der Waals surface area contributed by atoms with Crippen LogP contribution in [0.3, 0.4) is 0 Å². The van der Waals surface area contributed by atoms with Crippen molar-refractivity contribution < 1.29 is 4.74 Å². The third kappa shape index (κ3) is 3.70. The smallest absolute Gasteiger partial charge is 0.205 e. The largest absolute Gasteiger partial charge is 0.378 e. The minimum absolute atomic E-state index is 0.397. The number of piperidine rings is 1. The quantitative estimate of drug-likeness (QED) is 0.794. The molecule has 0 saturated carbocycles. The average Bonchev–Trinajstić information content (AvgIpc) is 2.81. The predicted octanol–water partition coefficient (Wildman–Crippen LogP) is 1.55. The van der Waals surface area contributed by atoms with Crippen LogP contribution in [-0.4, -0.2) is 41.9 Å². The monoisotopic (exact) mass is 266 g/mol. The standard InChI is InChI=1S/C14H26N4O/c1-3-17-11-12(2)16-14(17)18-8-5-13(6-9-18)19-10-4-7-15/h11,13H,3-10,15H2,1-2H3. The maximum absolute atomic E-state index is 5.84. The lowest BCUT2D eigenvalue weighted by Gasteiger charge is -2.32. The molecule has 1 aliphatic rings. The Labute approximate surface area is 115 Å². The molecule has 0 aromatic carbocycles. The molecule has 0 unspecified atom stereocenters. The number of rotatable bonds is 6. The second-order valence-corrected chi connectivity index (χ2v) is 5.17. The molecule has 0 aliphatic carbocycles. The van der Waals surface area contributed by atoms with Gasteiger partial charge in [0.25, 0.3) is 0 Å². The third-order valence-corrected chi connectivity index (χ3v) is 3.64. The lowest BCUT2D eigenvalue weighted by molar-refractivity contribution is 0.0364. The van der Waals surface area contributed by atoms with Gasteiger partial charge in [0.05, 0.1) is 11.8 Å². The second kappa shape index (κ2) is 6.91. The van der Waals surface area contributed by atoms with Gasteiger partial charge >= 0.3 is 0 Å². The van der Waals surface area contributed by atoms with Gasteiger partial charge in [-0.05, 0) is 39.7 Å². The van der Waals surface area contributed by atoms with Crippen LogP contribution < -0.4 is 10.6 Å². The van der Waals surface area contributed by atoms with E-state index in [4.69, 9.17) is 10.5 Å². The summed E-state index contributed by atoms with van der Waals surface area (Å²) in [7, 11) is 0. The molecule has 1 aromatic rings. The maximum Gasteiger partial charge on any atom is 0.205 e. The Morgan fingerprint density at radius 2 is 2.16 bits per heavy atom. The zero-order valence-electron chi connectivity index (χ0n) is 12.1. The first kappa shape index (κ1) is 14.3. The van der Waals surface area contributed by atoms with Gasteiger partial charge in [0.1, 0.15) is 0 Å². The molecule has 0 spiro atoms. The van der Waals surface area contributed by atoms with E-state index in [1.165, 1.54) is 0 Å². The second-order valence-electron chi connectivity index (χ2n) is 5.17. The van der Waals surface area contributed by atoms with Crippen molar-refractivity contribution in [1.29, 1.82) is 0 Å². The molecule has 1 fully saturated rings. The topological polar surface area (TPSA) is 56.3 Å². The Kier molecular flexibility index (Phi) is 5.22. The van der Waals surface area contributed by atoms with Gasteiger partial charge in [0, 0.05) is 32.4 Å². The number of aryl methyl sites for hydroxylation is 2. The summed E-state index contributed by atoms with van der Waals surface area (Å²) >= 11 is 0. The number of aromatic nitrogens is 2. The van der Waals surface area contributed by atoms with Gasteiger partial charge in [-0.1, -0.05) is 0 Å². The maximum atomic E-state index is 5.84. The zero-order chi connectivity index (χ0) is 13.7. The van der Waals surface area contributed by atoms with E-state index in [0.717, 1.165) is 57.1 Å². The Hall–Kier alpha value is -1.07. The number of ether oxygens (including phenoxy) is 1. The van der Waals surface area contributed by atoms with Crippen LogP contribution in [0.1, 0.15) is 31.9 Å². The summed E-state index contributed by atoms with van der Waals surface area (Å²) in [6.07, 6.45) is 5.65. The zero-order valence-corrected chi connectivity index (χ0v) is 12.1. The van der Waals surface area contributed by atoms with Gasteiger partial charge in [-0.3, -0.25) is 0 Å². The molecule has 0 atom stereocenters. The molecule has 5 heteroatoms. The van der Waals surface area contributed by atoms with Crippen LogP contribution in [0.5, 0.6) is 0 Å². The Balaban J connectivity index is 1.85. The highest BCUT2D eigenvalue weighted by molar-refractivity contribution is 5.34. The fraction of sp³-hybridized carbons (Fsp3) is 0.786. The number of nitrogens with two attached hydrogens (primary N) is 1. The molecule has 0 amide bonds. The minimum Gasteiger partial charge on any atom is -0.378 e. The highest BCUT2D eigenvalue weighted by atomic mass is 16.5. The van der Waals surface area contributed by atoms with Crippen molar-refractivity contribution >= 4 is 5.95 Å². The third-order valence-electron chi connectivity index (χ3n) is 3.64. The van der Waals surface area contributed by atoms with Crippen molar-refractivity contribution in [2.45, 2.75) is 45.8 Å². The first-order valence-electron chi connectivity index (χ1n) is 7.35. The van der Waals surface area contributed by atoms with Crippen molar-refractivity contribution in [3.05, 3.63) is 11.9 Å². The molecule has 2 N–H and O–H groups in total.